The molecule has 3 heteroatoms. The first-order chi connectivity index (χ1) is 6.83. The van der Waals surface area contributed by atoms with Crippen molar-refractivity contribution in [3.63, 3.8) is 0 Å². The Morgan fingerprint density at radius 1 is 1.29 bits per heavy atom. The van der Waals surface area contributed by atoms with Crippen LogP contribution in [0.1, 0.15) is 32.1 Å². The van der Waals surface area contributed by atoms with Crippen LogP contribution < -0.4 is 5.32 Å². The molecular weight excluding hydrogens is 178 g/mol. The predicted molar refractivity (Wildman–Crippen MR) is 53.7 cm³/mol. The minimum Gasteiger partial charge on any atom is -0.396 e. The number of aliphatic hydroxyl groups excluding tert-OH is 1. The van der Waals surface area contributed by atoms with Crippen molar-refractivity contribution < 1.29 is 9.90 Å². The maximum atomic E-state index is 11.5. The zero-order chi connectivity index (χ0) is 9.97. The van der Waals surface area contributed by atoms with E-state index in [1.54, 1.807) is 0 Å². The van der Waals surface area contributed by atoms with Gasteiger partial charge in [0.1, 0.15) is 0 Å². The van der Waals surface area contributed by atoms with Crippen LogP contribution in [-0.4, -0.2) is 24.2 Å². The van der Waals surface area contributed by atoms with Crippen LogP contribution in [0.3, 0.4) is 0 Å². The van der Waals surface area contributed by atoms with Crippen molar-refractivity contribution in [1.29, 1.82) is 0 Å². The van der Waals surface area contributed by atoms with Gasteiger partial charge in [0.2, 0.25) is 5.91 Å². The Bertz CT molecular complexity index is 211. The molecule has 1 saturated carbocycles. The Balaban J connectivity index is 2.03. The number of carbonyl (C=O) groups excluding carboxylic acids is 1. The van der Waals surface area contributed by atoms with Gasteiger partial charge in [0, 0.05) is 6.54 Å². The molecule has 3 nitrogen and oxygen atoms in total. The molecule has 1 saturated heterocycles. The van der Waals surface area contributed by atoms with Gasteiger partial charge in [-0.25, -0.2) is 0 Å². The second-order valence-corrected chi connectivity index (χ2v) is 4.58. The van der Waals surface area contributed by atoms with Crippen LogP contribution in [0.15, 0.2) is 0 Å². The molecule has 0 aromatic heterocycles. The maximum Gasteiger partial charge on any atom is 0.225 e. The summed E-state index contributed by atoms with van der Waals surface area (Å²) in [5.74, 6) is 1.07. The molecule has 0 aromatic carbocycles. The monoisotopic (exact) mass is 197 g/mol. The van der Waals surface area contributed by atoms with Gasteiger partial charge in [0.05, 0.1) is 12.5 Å². The quantitative estimate of drug-likeness (QED) is 0.691. The molecule has 2 atom stereocenters. The third kappa shape index (κ3) is 1.78. The fourth-order valence-electron chi connectivity index (χ4n) is 3.06. The molecule has 1 aliphatic heterocycles. The van der Waals surface area contributed by atoms with Gasteiger partial charge in [-0.05, 0) is 18.3 Å². The Labute approximate surface area is 84.9 Å². The Morgan fingerprint density at radius 2 is 2.00 bits per heavy atom. The minimum absolute atomic E-state index is 0.0208. The summed E-state index contributed by atoms with van der Waals surface area (Å²) in [4.78, 5) is 11.5. The largest absolute Gasteiger partial charge is 0.396 e. The third-order valence-electron chi connectivity index (χ3n) is 3.83. The maximum absolute atomic E-state index is 11.5. The molecule has 80 valence electrons. The molecule has 2 unspecified atom stereocenters. The van der Waals surface area contributed by atoms with E-state index in [4.69, 9.17) is 0 Å². The fourth-order valence-corrected chi connectivity index (χ4v) is 3.06. The smallest absolute Gasteiger partial charge is 0.225 e. The van der Waals surface area contributed by atoms with Crippen LogP contribution in [0.5, 0.6) is 0 Å². The Hall–Kier alpha value is -0.570. The number of rotatable bonds is 2. The van der Waals surface area contributed by atoms with E-state index >= 15 is 0 Å². The van der Waals surface area contributed by atoms with Crippen LogP contribution in [0.2, 0.25) is 0 Å². The molecule has 2 fully saturated rings. The minimum atomic E-state index is -0.133. The summed E-state index contributed by atoms with van der Waals surface area (Å²) in [6.07, 6.45) is 6.19. The Kier molecular flexibility index (Phi) is 3.06. The van der Waals surface area contributed by atoms with Crippen LogP contribution in [0.4, 0.5) is 0 Å². The lowest BCUT2D eigenvalue weighted by Crippen LogP contribution is -2.45. The molecule has 0 aromatic rings. The van der Waals surface area contributed by atoms with Crippen LogP contribution >= 0.6 is 0 Å². The summed E-state index contributed by atoms with van der Waals surface area (Å²) < 4.78 is 0. The number of hydrogen-bond acceptors (Lipinski definition) is 2. The molecule has 2 N–H and O–H groups in total. The molecule has 1 amide bonds. The van der Waals surface area contributed by atoms with Gasteiger partial charge in [0.25, 0.3) is 0 Å². The zero-order valence-electron chi connectivity index (χ0n) is 8.54. The number of aliphatic hydroxyl groups is 1. The summed E-state index contributed by atoms with van der Waals surface area (Å²) >= 11 is 0. The van der Waals surface area contributed by atoms with E-state index in [1.807, 2.05) is 0 Å². The van der Waals surface area contributed by atoms with Gasteiger partial charge in [-0.1, -0.05) is 25.7 Å². The number of piperidine rings is 1. The van der Waals surface area contributed by atoms with Crippen molar-refractivity contribution in [2.45, 2.75) is 32.1 Å². The van der Waals surface area contributed by atoms with Crippen molar-refractivity contribution >= 4 is 5.91 Å². The standard InChI is InChI=1S/C11H19NO2/c13-7-10-9(5-6-12-11(10)14)8-3-1-2-4-8/h8-10,13H,1-7H2,(H,12,14). The lowest BCUT2D eigenvalue weighted by molar-refractivity contribution is -0.131. The topological polar surface area (TPSA) is 49.3 Å². The molecule has 0 radical (unpaired) electrons. The van der Waals surface area contributed by atoms with Gasteiger partial charge in [-0.15, -0.1) is 0 Å². The zero-order valence-corrected chi connectivity index (χ0v) is 8.54. The molecule has 0 spiro atoms. The summed E-state index contributed by atoms with van der Waals surface area (Å²) in [6, 6.07) is 0. The van der Waals surface area contributed by atoms with E-state index in [1.165, 1.54) is 25.7 Å². The molecule has 14 heavy (non-hydrogen) atoms. The second kappa shape index (κ2) is 4.30. The summed E-state index contributed by atoms with van der Waals surface area (Å²) in [7, 11) is 0. The van der Waals surface area contributed by atoms with Crippen molar-refractivity contribution in [1.82, 2.24) is 5.32 Å². The van der Waals surface area contributed by atoms with Gasteiger partial charge in [0.15, 0.2) is 0 Å². The van der Waals surface area contributed by atoms with Crippen molar-refractivity contribution in [3.05, 3.63) is 0 Å². The molecule has 1 aliphatic carbocycles. The molecule has 0 bridgehead atoms. The molecule has 2 aliphatic rings. The number of amides is 1. The first kappa shape index (κ1) is 9.97. The average molecular weight is 197 g/mol. The SMILES string of the molecule is O=C1NCCC(C2CCCC2)C1CO. The molecule has 2 rings (SSSR count). The second-order valence-electron chi connectivity index (χ2n) is 4.58. The lowest BCUT2D eigenvalue weighted by Gasteiger charge is -2.33. The van der Waals surface area contributed by atoms with Crippen molar-refractivity contribution in [2.75, 3.05) is 13.2 Å². The van der Waals surface area contributed by atoms with E-state index in [9.17, 15) is 9.90 Å². The molecular formula is C11H19NO2. The lowest BCUT2D eigenvalue weighted by atomic mass is 9.76. The fraction of sp³-hybridized carbons (Fsp3) is 0.909. The number of hydrogen-bond donors (Lipinski definition) is 2. The van der Waals surface area contributed by atoms with Crippen molar-refractivity contribution in [2.24, 2.45) is 17.8 Å². The predicted octanol–water partition coefficient (Wildman–Crippen LogP) is 0.921. The summed E-state index contributed by atoms with van der Waals surface area (Å²) in [5.41, 5.74) is 0. The van der Waals surface area contributed by atoms with Gasteiger partial charge >= 0.3 is 0 Å². The van der Waals surface area contributed by atoms with Crippen molar-refractivity contribution in [3.8, 4) is 0 Å². The van der Waals surface area contributed by atoms with Gasteiger partial charge < -0.3 is 10.4 Å². The van der Waals surface area contributed by atoms with E-state index in [2.05, 4.69) is 5.32 Å². The normalized spacial score (nSPS) is 34.5. The third-order valence-corrected chi connectivity index (χ3v) is 3.83. The highest BCUT2D eigenvalue weighted by atomic mass is 16.3. The van der Waals surface area contributed by atoms with E-state index in [0.29, 0.717) is 11.8 Å². The highest BCUT2D eigenvalue weighted by molar-refractivity contribution is 5.79. The first-order valence-corrected chi connectivity index (χ1v) is 5.71. The average Bonchev–Trinajstić information content (AvgIpc) is 2.70. The van der Waals surface area contributed by atoms with E-state index < -0.39 is 0 Å². The van der Waals surface area contributed by atoms with Crippen LogP contribution in [0, 0.1) is 17.8 Å². The van der Waals surface area contributed by atoms with Gasteiger partial charge in [-0.3, -0.25) is 4.79 Å². The van der Waals surface area contributed by atoms with Gasteiger partial charge in [-0.2, -0.15) is 0 Å². The van der Waals surface area contributed by atoms with Crippen LogP contribution in [0.25, 0.3) is 0 Å². The Morgan fingerprint density at radius 3 is 2.64 bits per heavy atom. The summed E-state index contributed by atoms with van der Waals surface area (Å²) in [6.45, 7) is 0.823. The summed E-state index contributed by atoms with van der Waals surface area (Å²) in [5, 5.41) is 12.1. The first-order valence-electron chi connectivity index (χ1n) is 5.71. The van der Waals surface area contributed by atoms with E-state index in [-0.39, 0.29) is 18.4 Å². The number of carbonyl (C=O) groups is 1. The highest BCUT2D eigenvalue weighted by Gasteiger charge is 2.37. The van der Waals surface area contributed by atoms with E-state index in [0.717, 1.165) is 13.0 Å². The number of nitrogens with one attached hydrogen (secondary N) is 1. The van der Waals surface area contributed by atoms with Crippen LogP contribution in [-0.2, 0) is 4.79 Å². The highest BCUT2D eigenvalue weighted by Crippen LogP contribution is 2.38. The molecule has 1 heterocycles.